The first kappa shape index (κ1) is 10.1. The van der Waals surface area contributed by atoms with Gasteiger partial charge in [0.1, 0.15) is 0 Å². The molecule has 0 unspecified atom stereocenters. The van der Waals surface area contributed by atoms with E-state index in [1.54, 1.807) is 18.3 Å². The minimum absolute atomic E-state index is 0.304. The van der Waals surface area contributed by atoms with Crippen LogP contribution < -0.4 is 0 Å². The molecule has 15 heavy (non-hydrogen) atoms. The molecule has 2 rings (SSSR count). The molecule has 1 aromatic carbocycles. The summed E-state index contributed by atoms with van der Waals surface area (Å²) in [6, 6.07) is 7.25. The summed E-state index contributed by atoms with van der Waals surface area (Å²) in [5.41, 5.74) is 1.47. The Hall–Kier alpha value is -1.42. The fraction of sp³-hybridized carbons (Fsp3) is 0.182. The molecule has 2 aromatic rings. The Morgan fingerprint density at radius 3 is 2.67 bits per heavy atom. The molecule has 0 fully saturated rings. The van der Waals surface area contributed by atoms with Gasteiger partial charge in [0.25, 0.3) is 0 Å². The molecule has 0 amide bonds. The second-order valence-corrected chi connectivity index (χ2v) is 5.59. The predicted molar refractivity (Wildman–Crippen MR) is 59.6 cm³/mol. The third-order valence-corrected chi connectivity index (χ3v) is 3.32. The lowest BCUT2D eigenvalue weighted by atomic mass is 10.1. The zero-order valence-electron chi connectivity index (χ0n) is 8.56. The Balaban J connectivity index is 2.96. The number of aryl methyl sites for hydroxylation is 1. The van der Waals surface area contributed by atoms with Crippen LogP contribution in [0.5, 0.6) is 0 Å². The van der Waals surface area contributed by atoms with E-state index >= 15 is 0 Å². The van der Waals surface area contributed by atoms with Gasteiger partial charge in [-0.1, -0.05) is 6.07 Å². The van der Waals surface area contributed by atoms with Crippen molar-refractivity contribution in [1.82, 2.24) is 4.98 Å². The van der Waals surface area contributed by atoms with Crippen LogP contribution in [0, 0.1) is 6.92 Å². The standard InChI is InChI=1S/C11H11NO2S/c1-8-6-9-4-3-5-12-11(9)10(7-8)15(2,13)14/h3-7H,1-2H3. The summed E-state index contributed by atoms with van der Waals surface area (Å²) in [5.74, 6) is 0. The molecular formula is C11H11NO2S. The number of nitrogens with zero attached hydrogens (tertiary/aromatic N) is 1. The summed E-state index contributed by atoms with van der Waals surface area (Å²) >= 11 is 0. The first-order valence-corrected chi connectivity index (χ1v) is 6.43. The highest BCUT2D eigenvalue weighted by molar-refractivity contribution is 7.91. The molecule has 0 saturated carbocycles. The lowest BCUT2D eigenvalue weighted by Gasteiger charge is -2.05. The Morgan fingerprint density at radius 1 is 1.27 bits per heavy atom. The maximum atomic E-state index is 11.6. The average molecular weight is 221 g/mol. The van der Waals surface area contributed by atoms with Crippen molar-refractivity contribution in [2.45, 2.75) is 11.8 Å². The van der Waals surface area contributed by atoms with E-state index in [4.69, 9.17) is 0 Å². The summed E-state index contributed by atoms with van der Waals surface area (Å²) in [6.07, 6.45) is 2.81. The zero-order chi connectivity index (χ0) is 11.1. The molecule has 0 atom stereocenters. The van der Waals surface area contributed by atoms with Gasteiger partial charge in [-0.15, -0.1) is 0 Å². The minimum Gasteiger partial charge on any atom is -0.255 e. The van der Waals surface area contributed by atoms with Gasteiger partial charge in [0.15, 0.2) is 9.84 Å². The largest absolute Gasteiger partial charge is 0.255 e. The topological polar surface area (TPSA) is 47.0 Å². The van der Waals surface area contributed by atoms with Crippen molar-refractivity contribution in [1.29, 1.82) is 0 Å². The molecule has 78 valence electrons. The molecule has 0 aliphatic rings. The van der Waals surface area contributed by atoms with Gasteiger partial charge < -0.3 is 0 Å². The lowest BCUT2D eigenvalue weighted by molar-refractivity contribution is 0.602. The highest BCUT2D eigenvalue weighted by Crippen LogP contribution is 2.22. The average Bonchev–Trinajstić information content (AvgIpc) is 2.15. The molecule has 0 spiro atoms. The monoisotopic (exact) mass is 221 g/mol. The Bertz CT molecular complexity index is 618. The van der Waals surface area contributed by atoms with Crippen LogP contribution >= 0.6 is 0 Å². The quantitative estimate of drug-likeness (QED) is 0.739. The number of pyridine rings is 1. The summed E-state index contributed by atoms with van der Waals surface area (Å²) < 4.78 is 23.1. The molecule has 0 saturated heterocycles. The molecule has 0 aliphatic heterocycles. The van der Waals surface area contributed by atoms with E-state index < -0.39 is 9.84 Å². The summed E-state index contributed by atoms with van der Waals surface area (Å²) in [7, 11) is -3.21. The highest BCUT2D eigenvalue weighted by Gasteiger charge is 2.13. The molecule has 0 N–H and O–H groups in total. The van der Waals surface area contributed by atoms with Crippen LogP contribution in [0.2, 0.25) is 0 Å². The smallest absolute Gasteiger partial charge is 0.177 e. The number of fused-ring (bicyclic) bond motifs is 1. The molecule has 0 bridgehead atoms. The van der Waals surface area contributed by atoms with Crippen LogP contribution in [0.15, 0.2) is 35.4 Å². The van der Waals surface area contributed by atoms with Gasteiger partial charge in [-0.25, -0.2) is 8.42 Å². The van der Waals surface area contributed by atoms with Crippen LogP contribution in [-0.4, -0.2) is 19.7 Å². The van der Waals surface area contributed by atoms with Gasteiger partial charge in [-0.3, -0.25) is 4.98 Å². The normalized spacial score (nSPS) is 11.9. The fourth-order valence-electron chi connectivity index (χ4n) is 1.58. The first-order chi connectivity index (χ1) is 6.98. The van der Waals surface area contributed by atoms with Crippen molar-refractivity contribution in [2.24, 2.45) is 0 Å². The van der Waals surface area contributed by atoms with Crippen molar-refractivity contribution in [2.75, 3.05) is 6.26 Å². The van der Waals surface area contributed by atoms with Crippen LogP contribution in [0.1, 0.15) is 5.56 Å². The maximum Gasteiger partial charge on any atom is 0.177 e. The number of benzene rings is 1. The van der Waals surface area contributed by atoms with Crippen molar-refractivity contribution in [3.8, 4) is 0 Å². The fourth-order valence-corrected chi connectivity index (χ4v) is 2.51. The Morgan fingerprint density at radius 2 is 2.00 bits per heavy atom. The Kier molecular flexibility index (Phi) is 2.23. The van der Waals surface area contributed by atoms with Crippen LogP contribution in [0.4, 0.5) is 0 Å². The van der Waals surface area contributed by atoms with Crippen LogP contribution in [0.3, 0.4) is 0 Å². The Labute approximate surface area is 88.7 Å². The molecular weight excluding hydrogens is 210 g/mol. The second kappa shape index (κ2) is 3.31. The van der Waals surface area contributed by atoms with Crippen molar-refractivity contribution >= 4 is 20.7 Å². The number of hydrogen-bond donors (Lipinski definition) is 0. The van der Waals surface area contributed by atoms with Gasteiger partial charge in [0, 0.05) is 17.8 Å². The number of hydrogen-bond acceptors (Lipinski definition) is 3. The second-order valence-electron chi connectivity index (χ2n) is 3.61. The maximum absolute atomic E-state index is 11.6. The van der Waals surface area contributed by atoms with Crippen molar-refractivity contribution in [3.63, 3.8) is 0 Å². The molecule has 1 aromatic heterocycles. The highest BCUT2D eigenvalue weighted by atomic mass is 32.2. The van der Waals surface area contributed by atoms with Gasteiger partial charge in [-0.2, -0.15) is 0 Å². The van der Waals surface area contributed by atoms with Crippen LogP contribution in [0.25, 0.3) is 10.9 Å². The van der Waals surface area contributed by atoms with Crippen LogP contribution in [-0.2, 0) is 9.84 Å². The summed E-state index contributed by atoms with van der Waals surface area (Å²) in [4.78, 5) is 4.41. The third-order valence-electron chi connectivity index (χ3n) is 2.21. The van der Waals surface area contributed by atoms with Crippen molar-refractivity contribution in [3.05, 3.63) is 36.0 Å². The predicted octanol–water partition coefficient (Wildman–Crippen LogP) is 1.95. The van der Waals surface area contributed by atoms with E-state index in [0.717, 1.165) is 10.9 Å². The summed E-state index contributed by atoms with van der Waals surface area (Å²) in [5, 5.41) is 0.859. The van der Waals surface area contributed by atoms with E-state index in [-0.39, 0.29) is 0 Å². The SMILES string of the molecule is Cc1cc(S(C)(=O)=O)c2ncccc2c1. The minimum atomic E-state index is -3.21. The van der Waals surface area contributed by atoms with E-state index in [1.165, 1.54) is 6.26 Å². The number of aromatic nitrogens is 1. The lowest BCUT2D eigenvalue weighted by Crippen LogP contribution is -2.00. The van der Waals surface area contributed by atoms with E-state index in [1.807, 2.05) is 19.1 Å². The van der Waals surface area contributed by atoms with E-state index in [0.29, 0.717) is 10.4 Å². The molecule has 1 heterocycles. The van der Waals surface area contributed by atoms with Gasteiger partial charge in [-0.05, 0) is 30.7 Å². The zero-order valence-corrected chi connectivity index (χ0v) is 9.38. The van der Waals surface area contributed by atoms with Crippen molar-refractivity contribution < 1.29 is 8.42 Å². The van der Waals surface area contributed by atoms with Gasteiger partial charge in [0.2, 0.25) is 0 Å². The molecule has 0 aliphatic carbocycles. The molecule has 3 nitrogen and oxygen atoms in total. The number of rotatable bonds is 1. The van der Waals surface area contributed by atoms with Gasteiger partial charge in [0.05, 0.1) is 10.4 Å². The summed E-state index contributed by atoms with van der Waals surface area (Å²) in [6.45, 7) is 1.88. The molecule has 4 heteroatoms. The van der Waals surface area contributed by atoms with E-state index in [2.05, 4.69) is 4.98 Å². The third kappa shape index (κ3) is 1.85. The van der Waals surface area contributed by atoms with E-state index in [9.17, 15) is 8.42 Å². The number of sulfone groups is 1. The first-order valence-electron chi connectivity index (χ1n) is 4.54. The molecule has 0 radical (unpaired) electrons. The van der Waals surface area contributed by atoms with Gasteiger partial charge >= 0.3 is 0 Å².